The molecule has 0 aliphatic heterocycles. The molecule has 0 aliphatic rings. The molecular weight excluding hydrogens is 342 g/mol. The molecule has 0 unspecified atom stereocenters. The highest BCUT2D eigenvalue weighted by atomic mass is 16.5. The normalized spacial score (nSPS) is 11.9. The smallest absolute Gasteiger partial charge is 0.251 e. The average Bonchev–Trinajstić information content (AvgIpc) is 3.09. The minimum atomic E-state index is -0.132. The predicted molar refractivity (Wildman–Crippen MR) is 103 cm³/mol. The third-order valence-corrected chi connectivity index (χ3v) is 4.48. The monoisotopic (exact) mass is 365 g/mol. The van der Waals surface area contributed by atoms with E-state index in [-0.39, 0.29) is 24.3 Å². The zero-order valence-corrected chi connectivity index (χ0v) is 15.5. The van der Waals surface area contributed by atoms with Crippen LogP contribution in [0.5, 0.6) is 0 Å². The van der Waals surface area contributed by atoms with Crippen LogP contribution in [-0.2, 0) is 17.8 Å². The van der Waals surface area contributed by atoms with Crippen molar-refractivity contribution in [2.75, 3.05) is 0 Å². The number of carbonyl (C=O) groups excluding carboxylic acids is 2. The summed E-state index contributed by atoms with van der Waals surface area (Å²) in [5, 5.41) is 10.6. The third kappa shape index (κ3) is 4.73. The van der Waals surface area contributed by atoms with Gasteiger partial charge in [0.1, 0.15) is 5.69 Å². The Labute approximate surface area is 157 Å². The molecule has 2 aromatic carbocycles. The van der Waals surface area contributed by atoms with Crippen molar-refractivity contribution in [3.8, 4) is 0 Å². The molecule has 1 aromatic heterocycles. The van der Waals surface area contributed by atoms with Crippen molar-refractivity contribution < 1.29 is 14.1 Å². The summed E-state index contributed by atoms with van der Waals surface area (Å²) >= 11 is 0. The van der Waals surface area contributed by atoms with Gasteiger partial charge in [-0.2, -0.15) is 0 Å². The zero-order chi connectivity index (χ0) is 19.2. The van der Waals surface area contributed by atoms with Gasteiger partial charge in [0.2, 0.25) is 5.91 Å². The molecule has 3 rings (SSSR count). The summed E-state index contributed by atoms with van der Waals surface area (Å²) in [6, 6.07) is 14.8. The van der Waals surface area contributed by atoms with E-state index in [9.17, 15) is 9.59 Å². The lowest BCUT2D eigenvalue weighted by atomic mass is 10.1. The van der Waals surface area contributed by atoms with Crippen molar-refractivity contribution in [1.29, 1.82) is 0 Å². The molecule has 0 spiro atoms. The van der Waals surface area contributed by atoms with Gasteiger partial charge in [-0.05, 0) is 43.2 Å². The van der Waals surface area contributed by atoms with Crippen molar-refractivity contribution in [1.82, 2.24) is 15.8 Å². The van der Waals surface area contributed by atoms with Crippen LogP contribution in [0.4, 0.5) is 0 Å². The lowest BCUT2D eigenvalue weighted by Gasteiger charge is -2.11. The SMILES string of the molecule is CC[C@@H](C)NC(=O)c1ccc(CNC(=O)Cc2noc3ccccc23)cc1. The van der Waals surface area contributed by atoms with E-state index in [4.69, 9.17) is 4.52 Å². The van der Waals surface area contributed by atoms with Gasteiger partial charge in [-0.3, -0.25) is 9.59 Å². The van der Waals surface area contributed by atoms with E-state index < -0.39 is 0 Å². The van der Waals surface area contributed by atoms with Crippen molar-refractivity contribution in [3.05, 3.63) is 65.4 Å². The first-order valence-corrected chi connectivity index (χ1v) is 9.06. The lowest BCUT2D eigenvalue weighted by molar-refractivity contribution is -0.120. The number of benzene rings is 2. The van der Waals surface area contributed by atoms with E-state index >= 15 is 0 Å². The number of para-hydroxylation sites is 1. The van der Waals surface area contributed by atoms with Gasteiger partial charge in [-0.25, -0.2) is 0 Å². The van der Waals surface area contributed by atoms with Gasteiger partial charge in [0.25, 0.3) is 5.91 Å². The first-order valence-electron chi connectivity index (χ1n) is 9.06. The number of hydrogen-bond acceptors (Lipinski definition) is 4. The van der Waals surface area contributed by atoms with Crippen molar-refractivity contribution >= 4 is 22.8 Å². The Morgan fingerprint density at radius 3 is 2.59 bits per heavy atom. The van der Waals surface area contributed by atoms with E-state index in [1.54, 1.807) is 12.1 Å². The molecule has 1 atom stereocenters. The topological polar surface area (TPSA) is 84.2 Å². The molecule has 6 heteroatoms. The molecule has 0 bridgehead atoms. The van der Waals surface area contributed by atoms with Crippen LogP contribution in [-0.4, -0.2) is 23.0 Å². The fourth-order valence-electron chi connectivity index (χ4n) is 2.66. The van der Waals surface area contributed by atoms with Crippen LogP contribution >= 0.6 is 0 Å². The van der Waals surface area contributed by atoms with Crippen LogP contribution in [0.2, 0.25) is 0 Å². The molecule has 6 nitrogen and oxygen atoms in total. The summed E-state index contributed by atoms with van der Waals surface area (Å²) in [6.45, 7) is 4.39. The second-order valence-electron chi connectivity index (χ2n) is 6.56. The fraction of sp³-hybridized carbons (Fsp3) is 0.286. The molecule has 2 N–H and O–H groups in total. The molecule has 2 amide bonds. The van der Waals surface area contributed by atoms with Gasteiger partial charge >= 0.3 is 0 Å². The van der Waals surface area contributed by atoms with Crippen LogP contribution in [0.3, 0.4) is 0 Å². The van der Waals surface area contributed by atoms with E-state index in [2.05, 4.69) is 15.8 Å². The number of nitrogens with zero attached hydrogens (tertiary/aromatic N) is 1. The minimum Gasteiger partial charge on any atom is -0.356 e. The molecule has 27 heavy (non-hydrogen) atoms. The quantitative estimate of drug-likeness (QED) is 0.673. The molecule has 0 aliphatic carbocycles. The number of nitrogens with one attached hydrogen (secondary N) is 2. The Hall–Kier alpha value is -3.15. The van der Waals surface area contributed by atoms with Crippen molar-refractivity contribution in [3.63, 3.8) is 0 Å². The summed E-state index contributed by atoms with van der Waals surface area (Å²) in [7, 11) is 0. The van der Waals surface area contributed by atoms with E-state index in [0.29, 0.717) is 23.4 Å². The van der Waals surface area contributed by atoms with Gasteiger partial charge in [0, 0.05) is 23.5 Å². The van der Waals surface area contributed by atoms with Crippen LogP contribution < -0.4 is 10.6 Å². The molecule has 3 aromatic rings. The molecule has 0 saturated heterocycles. The Kier molecular flexibility index (Phi) is 5.86. The first kappa shape index (κ1) is 18.6. The maximum absolute atomic E-state index is 12.2. The Morgan fingerprint density at radius 1 is 1.11 bits per heavy atom. The van der Waals surface area contributed by atoms with Gasteiger partial charge in [0.05, 0.1) is 6.42 Å². The predicted octanol–water partition coefficient (Wildman–Crippen LogP) is 3.22. The van der Waals surface area contributed by atoms with E-state index in [1.807, 2.05) is 50.2 Å². The van der Waals surface area contributed by atoms with Crippen molar-refractivity contribution in [2.24, 2.45) is 0 Å². The number of amides is 2. The molecule has 0 fully saturated rings. The minimum absolute atomic E-state index is 0.0853. The molecule has 0 saturated carbocycles. The second kappa shape index (κ2) is 8.49. The van der Waals surface area contributed by atoms with E-state index in [0.717, 1.165) is 17.4 Å². The van der Waals surface area contributed by atoms with Crippen LogP contribution in [0.15, 0.2) is 53.1 Å². The van der Waals surface area contributed by atoms with Gasteiger partial charge in [0.15, 0.2) is 5.58 Å². The van der Waals surface area contributed by atoms with Crippen LogP contribution in [0.25, 0.3) is 11.0 Å². The summed E-state index contributed by atoms with van der Waals surface area (Å²) in [6.07, 6.45) is 1.04. The number of fused-ring (bicyclic) bond motifs is 1. The van der Waals surface area contributed by atoms with Crippen LogP contribution in [0.1, 0.15) is 41.9 Å². The van der Waals surface area contributed by atoms with Gasteiger partial charge in [-0.1, -0.05) is 36.3 Å². The number of hydrogen-bond donors (Lipinski definition) is 2. The summed E-state index contributed by atoms with van der Waals surface area (Å²) in [5.41, 5.74) is 2.83. The van der Waals surface area contributed by atoms with E-state index in [1.165, 1.54) is 0 Å². The maximum Gasteiger partial charge on any atom is 0.251 e. The number of carbonyl (C=O) groups is 2. The highest BCUT2D eigenvalue weighted by molar-refractivity contribution is 5.94. The number of aromatic nitrogens is 1. The fourth-order valence-corrected chi connectivity index (χ4v) is 2.66. The molecular formula is C21H23N3O3. The molecule has 0 radical (unpaired) electrons. The average molecular weight is 365 g/mol. The Bertz CT molecular complexity index is 931. The maximum atomic E-state index is 12.2. The van der Waals surface area contributed by atoms with Gasteiger partial charge in [-0.15, -0.1) is 0 Å². The first-order chi connectivity index (χ1) is 13.1. The largest absolute Gasteiger partial charge is 0.356 e. The Balaban J connectivity index is 1.53. The molecule has 1 heterocycles. The highest BCUT2D eigenvalue weighted by Gasteiger charge is 2.12. The third-order valence-electron chi connectivity index (χ3n) is 4.48. The molecule has 140 valence electrons. The standard InChI is InChI=1S/C21H23N3O3/c1-3-14(2)23-21(26)16-10-8-15(9-11-16)13-22-20(25)12-18-17-6-4-5-7-19(17)27-24-18/h4-11,14H,3,12-13H2,1-2H3,(H,22,25)(H,23,26)/t14-/m1/s1. The number of rotatable bonds is 7. The van der Waals surface area contributed by atoms with Gasteiger partial charge < -0.3 is 15.2 Å². The zero-order valence-electron chi connectivity index (χ0n) is 15.5. The highest BCUT2D eigenvalue weighted by Crippen LogP contribution is 2.18. The Morgan fingerprint density at radius 2 is 1.85 bits per heavy atom. The second-order valence-corrected chi connectivity index (χ2v) is 6.56. The summed E-state index contributed by atoms with van der Waals surface area (Å²) < 4.78 is 5.22. The lowest BCUT2D eigenvalue weighted by Crippen LogP contribution is -2.31. The van der Waals surface area contributed by atoms with Crippen molar-refractivity contribution in [2.45, 2.75) is 39.3 Å². The summed E-state index contributed by atoms with van der Waals surface area (Å²) in [4.78, 5) is 24.3. The van der Waals surface area contributed by atoms with Crippen LogP contribution in [0, 0.1) is 0 Å². The summed E-state index contributed by atoms with van der Waals surface area (Å²) in [5.74, 6) is -0.217.